The number of ether oxygens (including phenoxy) is 2. The van der Waals surface area contributed by atoms with Gasteiger partial charge in [-0.1, -0.05) is 47.5 Å². The van der Waals surface area contributed by atoms with Gasteiger partial charge in [0.2, 0.25) is 0 Å². The number of benzene rings is 3. The number of carbonyl (C=O) groups excluding carboxylic acids is 2. The molecule has 5 nitrogen and oxygen atoms in total. The fraction of sp³-hybridized carbons (Fsp3) is 0.154. The van der Waals surface area contributed by atoms with Crippen LogP contribution in [-0.4, -0.2) is 17.8 Å². The normalized spacial score (nSPS) is 14.8. The molecule has 3 aromatic rings. The zero-order valence-electron chi connectivity index (χ0n) is 18.2. The zero-order chi connectivity index (χ0) is 23.4. The van der Waals surface area contributed by atoms with Crippen LogP contribution in [0.2, 0.25) is 5.02 Å². The number of rotatable bonds is 7. The molecule has 0 aromatic heterocycles. The average Bonchev–Trinajstić information content (AvgIpc) is 3.08. The fourth-order valence-corrected chi connectivity index (χ4v) is 4.25. The molecule has 168 valence electrons. The zero-order valence-corrected chi connectivity index (χ0v) is 19.8. The third-order valence-electron chi connectivity index (χ3n) is 4.96. The van der Waals surface area contributed by atoms with Gasteiger partial charge in [-0.25, -0.2) is 4.90 Å². The molecule has 0 N–H and O–H groups in total. The summed E-state index contributed by atoms with van der Waals surface area (Å²) in [6.07, 6.45) is 1.69. The van der Waals surface area contributed by atoms with E-state index in [4.69, 9.17) is 21.1 Å². The highest BCUT2D eigenvalue weighted by Crippen LogP contribution is 2.37. The highest BCUT2D eigenvalue weighted by Gasteiger charge is 2.36. The lowest BCUT2D eigenvalue weighted by Gasteiger charge is -2.13. The van der Waals surface area contributed by atoms with Gasteiger partial charge < -0.3 is 9.47 Å². The first kappa shape index (κ1) is 23.0. The summed E-state index contributed by atoms with van der Waals surface area (Å²) in [5, 5.41) is 0.186. The maximum Gasteiger partial charge on any atom is 0.298 e. The van der Waals surface area contributed by atoms with Crippen LogP contribution in [0.15, 0.2) is 71.6 Å². The van der Waals surface area contributed by atoms with Crippen molar-refractivity contribution in [1.82, 2.24) is 0 Å². The lowest BCUT2D eigenvalue weighted by atomic mass is 10.1. The van der Waals surface area contributed by atoms with Crippen molar-refractivity contribution >= 4 is 46.3 Å². The minimum atomic E-state index is -0.370. The third kappa shape index (κ3) is 5.41. The summed E-state index contributed by atoms with van der Waals surface area (Å²) in [5.41, 5.74) is 3.48. The number of thioether (sulfide) groups is 1. The first-order chi connectivity index (χ1) is 15.9. The summed E-state index contributed by atoms with van der Waals surface area (Å²) >= 11 is 6.82. The topological polar surface area (TPSA) is 55.8 Å². The van der Waals surface area contributed by atoms with Crippen LogP contribution in [0.25, 0.3) is 6.08 Å². The van der Waals surface area contributed by atoms with Crippen LogP contribution in [0.5, 0.6) is 11.5 Å². The molecule has 1 aliphatic heterocycles. The van der Waals surface area contributed by atoms with Crippen LogP contribution >= 0.6 is 23.4 Å². The summed E-state index contributed by atoms with van der Waals surface area (Å²) in [5.74, 6) is 0.823. The molecule has 0 aliphatic carbocycles. The maximum atomic E-state index is 12.9. The standard InChI is InChI=1S/C26H22ClNO4S/c1-3-31-23-14-19(8-13-22(23)32-16-18-6-4-17(2)5-7-18)15-24-25(29)28(26(30)33-24)21-11-9-20(27)10-12-21/h4-15H,3,16H2,1-2H3/b24-15+. The number of hydrogen-bond donors (Lipinski definition) is 0. The van der Waals surface area contributed by atoms with Crippen molar-refractivity contribution in [1.29, 1.82) is 0 Å². The number of imide groups is 1. The molecule has 1 fully saturated rings. The van der Waals surface area contributed by atoms with E-state index in [9.17, 15) is 9.59 Å². The van der Waals surface area contributed by atoms with Crippen LogP contribution in [0.1, 0.15) is 23.6 Å². The second-order valence-corrected chi connectivity index (χ2v) is 8.84. The minimum absolute atomic E-state index is 0.339. The molecule has 1 aliphatic rings. The van der Waals surface area contributed by atoms with Gasteiger partial charge in [0.1, 0.15) is 6.61 Å². The molecule has 0 spiro atoms. The largest absolute Gasteiger partial charge is 0.490 e. The summed E-state index contributed by atoms with van der Waals surface area (Å²) < 4.78 is 11.7. The van der Waals surface area contributed by atoms with Crippen LogP contribution in [-0.2, 0) is 11.4 Å². The van der Waals surface area contributed by atoms with Crippen molar-refractivity contribution in [2.75, 3.05) is 11.5 Å². The molecule has 1 heterocycles. The number of amides is 2. The van der Waals surface area contributed by atoms with Gasteiger partial charge in [-0.3, -0.25) is 9.59 Å². The molecule has 0 atom stereocenters. The van der Waals surface area contributed by atoms with Crippen LogP contribution < -0.4 is 14.4 Å². The SMILES string of the molecule is CCOc1cc(/C=C2/SC(=O)N(c3ccc(Cl)cc3)C2=O)ccc1OCc1ccc(C)cc1. The Morgan fingerprint density at radius 3 is 2.36 bits per heavy atom. The molecule has 3 aromatic carbocycles. The number of carbonyl (C=O) groups is 2. The Hall–Kier alpha value is -3.22. The summed E-state index contributed by atoms with van der Waals surface area (Å²) in [4.78, 5) is 26.9. The van der Waals surface area contributed by atoms with E-state index in [2.05, 4.69) is 0 Å². The molecule has 0 bridgehead atoms. The summed E-state index contributed by atoms with van der Waals surface area (Å²) in [7, 11) is 0. The van der Waals surface area contributed by atoms with Crippen molar-refractivity contribution in [3.8, 4) is 11.5 Å². The second kappa shape index (κ2) is 10.1. The number of nitrogens with zero attached hydrogens (tertiary/aromatic N) is 1. The van der Waals surface area contributed by atoms with Gasteiger partial charge in [0.25, 0.3) is 11.1 Å². The average molecular weight is 480 g/mol. The summed E-state index contributed by atoms with van der Waals surface area (Å²) in [6, 6.07) is 20.2. The second-order valence-electron chi connectivity index (χ2n) is 7.41. The highest BCUT2D eigenvalue weighted by molar-refractivity contribution is 8.19. The summed E-state index contributed by atoms with van der Waals surface area (Å²) in [6.45, 7) is 4.83. The number of halogens is 1. The minimum Gasteiger partial charge on any atom is -0.490 e. The Morgan fingerprint density at radius 1 is 0.939 bits per heavy atom. The van der Waals surface area contributed by atoms with E-state index >= 15 is 0 Å². The van der Waals surface area contributed by atoms with Crippen molar-refractivity contribution in [3.05, 3.63) is 93.3 Å². The van der Waals surface area contributed by atoms with Crippen LogP contribution in [0, 0.1) is 6.92 Å². The van der Waals surface area contributed by atoms with Crippen molar-refractivity contribution in [3.63, 3.8) is 0 Å². The van der Waals surface area contributed by atoms with Crippen LogP contribution in [0.4, 0.5) is 10.5 Å². The molecule has 0 radical (unpaired) electrons. The highest BCUT2D eigenvalue weighted by atomic mass is 35.5. The molecule has 4 rings (SSSR count). The maximum absolute atomic E-state index is 12.9. The van der Waals surface area contributed by atoms with Gasteiger partial charge >= 0.3 is 0 Å². The molecular formula is C26H22ClNO4S. The monoisotopic (exact) mass is 479 g/mol. The molecule has 0 saturated carbocycles. The molecule has 0 unspecified atom stereocenters. The van der Waals surface area contributed by atoms with Crippen LogP contribution in [0.3, 0.4) is 0 Å². The van der Waals surface area contributed by atoms with Gasteiger partial charge in [-0.15, -0.1) is 0 Å². The fourth-order valence-electron chi connectivity index (χ4n) is 3.28. The van der Waals surface area contributed by atoms with E-state index in [-0.39, 0.29) is 11.1 Å². The Labute approximate surface area is 202 Å². The third-order valence-corrected chi connectivity index (χ3v) is 6.08. The van der Waals surface area contributed by atoms with E-state index in [1.807, 2.05) is 56.3 Å². The first-order valence-corrected chi connectivity index (χ1v) is 11.6. The van der Waals surface area contributed by atoms with E-state index in [0.717, 1.165) is 27.8 Å². The van der Waals surface area contributed by atoms with Gasteiger partial charge in [0.15, 0.2) is 11.5 Å². The predicted octanol–water partition coefficient (Wildman–Crippen LogP) is 6.87. The Balaban J connectivity index is 1.54. The van der Waals surface area contributed by atoms with E-state index < -0.39 is 0 Å². The van der Waals surface area contributed by atoms with E-state index in [0.29, 0.717) is 40.3 Å². The molecule has 7 heteroatoms. The molecular weight excluding hydrogens is 458 g/mol. The first-order valence-electron chi connectivity index (χ1n) is 10.4. The Bertz CT molecular complexity index is 1210. The molecule has 33 heavy (non-hydrogen) atoms. The van der Waals surface area contributed by atoms with Gasteiger partial charge in [-0.05, 0) is 79.2 Å². The van der Waals surface area contributed by atoms with Crippen molar-refractivity contribution in [2.24, 2.45) is 0 Å². The quantitative estimate of drug-likeness (QED) is 0.346. The molecule has 2 amide bonds. The number of hydrogen-bond acceptors (Lipinski definition) is 5. The Kier molecular flexibility index (Phi) is 7.06. The van der Waals surface area contributed by atoms with E-state index in [1.165, 1.54) is 5.56 Å². The lowest BCUT2D eigenvalue weighted by molar-refractivity contribution is -0.113. The van der Waals surface area contributed by atoms with Crippen molar-refractivity contribution in [2.45, 2.75) is 20.5 Å². The number of anilines is 1. The van der Waals surface area contributed by atoms with Gasteiger partial charge in [0, 0.05) is 5.02 Å². The molecule has 1 saturated heterocycles. The van der Waals surface area contributed by atoms with E-state index in [1.54, 1.807) is 30.3 Å². The lowest BCUT2D eigenvalue weighted by Crippen LogP contribution is -2.27. The number of aryl methyl sites for hydroxylation is 1. The van der Waals surface area contributed by atoms with Gasteiger partial charge in [-0.2, -0.15) is 0 Å². The smallest absolute Gasteiger partial charge is 0.298 e. The van der Waals surface area contributed by atoms with Gasteiger partial charge in [0.05, 0.1) is 17.2 Å². The Morgan fingerprint density at radius 2 is 1.67 bits per heavy atom. The van der Waals surface area contributed by atoms with Crippen molar-refractivity contribution < 1.29 is 19.1 Å². The predicted molar refractivity (Wildman–Crippen MR) is 133 cm³/mol.